The maximum Gasteiger partial charge on any atom is 0.323 e. The van der Waals surface area contributed by atoms with Gasteiger partial charge < -0.3 is 9.67 Å². The molecule has 0 fully saturated rings. The van der Waals surface area contributed by atoms with Crippen molar-refractivity contribution < 1.29 is 9.90 Å². The standard InChI is InChI=1S/C10H8ClNO2/c11-8-3-1-2-7-4-5-12(10(7)8)6-9(13)14/h1-5H,6H2,(H,13,14). The molecule has 0 aliphatic carbocycles. The molecule has 0 spiro atoms. The van der Waals surface area contributed by atoms with Gasteiger partial charge >= 0.3 is 5.97 Å². The predicted octanol–water partition coefficient (Wildman–Crippen LogP) is 2.38. The third-order valence-corrected chi connectivity index (χ3v) is 2.35. The molecule has 2 rings (SSSR count). The van der Waals surface area contributed by atoms with Gasteiger partial charge in [-0.2, -0.15) is 0 Å². The van der Waals surface area contributed by atoms with Crippen LogP contribution in [0.1, 0.15) is 0 Å². The first-order valence-electron chi connectivity index (χ1n) is 4.13. The van der Waals surface area contributed by atoms with Crippen LogP contribution >= 0.6 is 11.6 Å². The van der Waals surface area contributed by atoms with Gasteiger partial charge in [-0.25, -0.2) is 0 Å². The summed E-state index contributed by atoms with van der Waals surface area (Å²) in [7, 11) is 0. The molecule has 4 heteroatoms. The van der Waals surface area contributed by atoms with E-state index in [-0.39, 0.29) is 6.54 Å². The van der Waals surface area contributed by atoms with Gasteiger partial charge in [-0.1, -0.05) is 23.7 Å². The highest BCUT2D eigenvalue weighted by Gasteiger charge is 2.06. The summed E-state index contributed by atoms with van der Waals surface area (Å²) in [5, 5.41) is 10.2. The predicted molar refractivity (Wildman–Crippen MR) is 54.6 cm³/mol. The Kier molecular flexibility index (Phi) is 2.17. The van der Waals surface area contributed by atoms with E-state index in [1.165, 1.54) is 0 Å². The molecule has 1 N–H and O–H groups in total. The zero-order chi connectivity index (χ0) is 10.1. The number of aliphatic carboxylic acids is 1. The molecule has 0 bridgehead atoms. The minimum Gasteiger partial charge on any atom is -0.480 e. The maximum atomic E-state index is 10.6. The van der Waals surface area contributed by atoms with Crippen LogP contribution in [0.3, 0.4) is 0 Å². The number of hydrogen-bond acceptors (Lipinski definition) is 1. The van der Waals surface area contributed by atoms with Gasteiger partial charge in [0.2, 0.25) is 0 Å². The van der Waals surface area contributed by atoms with Crippen LogP contribution < -0.4 is 0 Å². The molecule has 0 radical (unpaired) electrons. The van der Waals surface area contributed by atoms with Crippen LogP contribution in [0.15, 0.2) is 30.5 Å². The van der Waals surface area contributed by atoms with Crippen molar-refractivity contribution in [2.45, 2.75) is 6.54 Å². The molecule has 0 unspecified atom stereocenters. The van der Waals surface area contributed by atoms with E-state index in [1.807, 2.05) is 18.2 Å². The third kappa shape index (κ3) is 1.46. The number of rotatable bonds is 2. The Morgan fingerprint density at radius 2 is 2.21 bits per heavy atom. The molecule has 72 valence electrons. The lowest BCUT2D eigenvalue weighted by Crippen LogP contribution is -2.07. The van der Waals surface area contributed by atoms with Crippen molar-refractivity contribution in [1.82, 2.24) is 4.57 Å². The summed E-state index contributed by atoms with van der Waals surface area (Å²) < 4.78 is 1.62. The van der Waals surface area contributed by atoms with Crippen LogP contribution in [0.4, 0.5) is 0 Å². The Hall–Kier alpha value is -1.48. The number of carbonyl (C=O) groups is 1. The van der Waals surface area contributed by atoms with E-state index in [0.29, 0.717) is 5.02 Å². The lowest BCUT2D eigenvalue weighted by atomic mass is 10.2. The van der Waals surface area contributed by atoms with E-state index >= 15 is 0 Å². The van der Waals surface area contributed by atoms with Crippen molar-refractivity contribution in [3.63, 3.8) is 0 Å². The van der Waals surface area contributed by atoms with E-state index in [9.17, 15) is 4.79 Å². The molecule has 1 aromatic heterocycles. The zero-order valence-electron chi connectivity index (χ0n) is 7.27. The first-order valence-corrected chi connectivity index (χ1v) is 4.51. The Morgan fingerprint density at radius 1 is 1.43 bits per heavy atom. The molecule has 0 amide bonds. The van der Waals surface area contributed by atoms with Crippen LogP contribution in [-0.2, 0) is 11.3 Å². The van der Waals surface area contributed by atoms with Crippen LogP contribution in [-0.4, -0.2) is 15.6 Å². The summed E-state index contributed by atoms with van der Waals surface area (Å²) in [4.78, 5) is 10.6. The van der Waals surface area contributed by atoms with Crippen LogP contribution in [0.5, 0.6) is 0 Å². The second-order valence-corrected chi connectivity index (χ2v) is 3.42. The summed E-state index contributed by atoms with van der Waals surface area (Å²) in [5.74, 6) is -0.873. The normalized spacial score (nSPS) is 10.6. The molecular formula is C10H8ClNO2. The minimum atomic E-state index is -0.873. The Bertz CT molecular complexity index is 490. The number of aromatic nitrogens is 1. The van der Waals surface area contributed by atoms with E-state index in [4.69, 9.17) is 16.7 Å². The van der Waals surface area contributed by atoms with Gasteiger partial charge in [-0.3, -0.25) is 4.79 Å². The van der Waals surface area contributed by atoms with Crippen LogP contribution in [0.2, 0.25) is 5.02 Å². The monoisotopic (exact) mass is 209 g/mol. The highest BCUT2D eigenvalue weighted by molar-refractivity contribution is 6.35. The molecule has 14 heavy (non-hydrogen) atoms. The zero-order valence-corrected chi connectivity index (χ0v) is 8.03. The van der Waals surface area contributed by atoms with Gasteiger partial charge in [0.05, 0.1) is 10.5 Å². The van der Waals surface area contributed by atoms with Crippen molar-refractivity contribution in [2.75, 3.05) is 0 Å². The van der Waals surface area contributed by atoms with Gasteiger partial charge in [-0.15, -0.1) is 0 Å². The number of carboxylic acids is 1. The smallest absolute Gasteiger partial charge is 0.323 e. The van der Waals surface area contributed by atoms with Crippen molar-refractivity contribution in [3.8, 4) is 0 Å². The van der Waals surface area contributed by atoms with Gasteiger partial charge in [0.15, 0.2) is 0 Å². The van der Waals surface area contributed by atoms with E-state index in [2.05, 4.69) is 0 Å². The Balaban J connectivity index is 2.61. The summed E-state index contributed by atoms with van der Waals surface area (Å²) in [5.41, 5.74) is 0.775. The van der Waals surface area contributed by atoms with E-state index in [0.717, 1.165) is 10.9 Å². The Morgan fingerprint density at radius 3 is 2.93 bits per heavy atom. The van der Waals surface area contributed by atoms with E-state index in [1.54, 1.807) is 16.8 Å². The van der Waals surface area contributed by atoms with E-state index < -0.39 is 5.97 Å². The number of benzene rings is 1. The Labute approximate surface area is 85.5 Å². The van der Waals surface area contributed by atoms with Crippen molar-refractivity contribution in [2.24, 2.45) is 0 Å². The molecule has 2 aromatic rings. The van der Waals surface area contributed by atoms with Crippen molar-refractivity contribution in [1.29, 1.82) is 0 Å². The number of nitrogens with zero attached hydrogens (tertiary/aromatic N) is 1. The first-order chi connectivity index (χ1) is 6.68. The van der Waals surface area contributed by atoms with Crippen molar-refractivity contribution >= 4 is 28.5 Å². The lowest BCUT2D eigenvalue weighted by molar-refractivity contribution is -0.137. The number of para-hydroxylation sites is 1. The third-order valence-electron chi connectivity index (χ3n) is 2.04. The maximum absolute atomic E-state index is 10.6. The van der Waals surface area contributed by atoms with Gasteiger partial charge in [-0.05, 0) is 12.1 Å². The number of hydrogen-bond donors (Lipinski definition) is 1. The quantitative estimate of drug-likeness (QED) is 0.825. The topological polar surface area (TPSA) is 42.2 Å². The molecule has 0 atom stereocenters. The van der Waals surface area contributed by atoms with Crippen LogP contribution in [0.25, 0.3) is 10.9 Å². The molecule has 0 aliphatic heterocycles. The summed E-state index contributed by atoms with van der Waals surface area (Å²) >= 11 is 5.97. The molecule has 0 aliphatic rings. The molecule has 3 nitrogen and oxygen atoms in total. The average molecular weight is 210 g/mol. The van der Waals surface area contributed by atoms with Gasteiger partial charge in [0.1, 0.15) is 6.54 Å². The highest BCUT2D eigenvalue weighted by Crippen LogP contribution is 2.24. The minimum absolute atomic E-state index is 0.0623. The van der Waals surface area contributed by atoms with Gasteiger partial charge in [0, 0.05) is 11.6 Å². The summed E-state index contributed by atoms with van der Waals surface area (Å²) in [6, 6.07) is 7.35. The fraction of sp³-hybridized carbons (Fsp3) is 0.100. The number of carboxylic acid groups (broad SMARTS) is 1. The second kappa shape index (κ2) is 3.35. The van der Waals surface area contributed by atoms with Crippen molar-refractivity contribution in [3.05, 3.63) is 35.5 Å². The SMILES string of the molecule is O=C(O)Cn1ccc2cccc(Cl)c21. The largest absolute Gasteiger partial charge is 0.480 e. The molecular weight excluding hydrogens is 202 g/mol. The number of fused-ring (bicyclic) bond motifs is 1. The fourth-order valence-electron chi connectivity index (χ4n) is 1.49. The highest BCUT2D eigenvalue weighted by atomic mass is 35.5. The summed E-state index contributed by atoms with van der Waals surface area (Å²) in [6.07, 6.45) is 1.73. The number of halogens is 1. The fourth-order valence-corrected chi connectivity index (χ4v) is 1.78. The first kappa shape index (κ1) is 9.09. The lowest BCUT2D eigenvalue weighted by Gasteiger charge is -2.02. The molecule has 1 aromatic carbocycles. The molecule has 1 heterocycles. The molecule has 0 saturated heterocycles. The summed E-state index contributed by atoms with van der Waals surface area (Å²) in [6.45, 7) is -0.0623. The van der Waals surface area contributed by atoms with Gasteiger partial charge in [0.25, 0.3) is 0 Å². The second-order valence-electron chi connectivity index (χ2n) is 3.02. The van der Waals surface area contributed by atoms with Crippen LogP contribution in [0, 0.1) is 0 Å². The molecule has 0 saturated carbocycles. The average Bonchev–Trinajstić information content (AvgIpc) is 2.49.